The summed E-state index contributed by atoms with van der Waals surface area (Å²) in [4.78, 5) is 1.32. The monoisotopic (exact) mass is 203 g/mol. The molecule has 0 saturated heterocycles. The predicted molar refractivity (Wildman–Crippen MR) is 56.0 cm³/mol. The highest BCUT2D eigenvalue weighted by molar-refractivity contribution is 7.10. The van der Waals surface area contributed by atoms with Crippen LogP contribution in [0.3, 0.4) is 0 Å². The standard InChI is InChI=1S/C9H14ClNS/c1-9(2,3-4-11)8-5-7(10)6-12-8/h5-6H,3-4,11H2,1-2H3. The molecule has 0 saturated carbocycles. The number of hydrogen-bond acceptors (Lipinski definition) is 2. The second-order valence-electron chi connectivity index (χ2n) is 3.55. The van der Waals surface area contributed by atoms with Crippen molar-refractivity contribution in [2.24, 2.45) is 5.73 Å². The van der Waals surface area contributed by atoms with Crippen LogP contribution in [0.1, 0.15) is 25.1 Å². The zero-order valence-corrected chi connectivity index (χ0v) is 9.00. The molecule has 3 heteroatoms. The van der Waals surface area contributed by atoms with Crippen LogP contribution < -0.4 is 5.73 Å². The van der Waals surface area contributed by atoms with Crippen molar-refractivity contribution in [1.82, 2.24) is 0 Å². The van der Waals surface area contributed by atoms with Crippen molar-refractivity contribution in [3.05, 3.63) is 21.3 Å². The molecular formula is C9H14ClNS. The number of nitrogens with two attached hydrogens (primary N) is 1. The lowest BCUT2D eigenvalue weighted by molar-refractivity contribution is 0.497. The van der Waals surface area contributed by atoms with E-state index < -0.39 is 0 Å². The zero-order valence-electron chi connectivity index (χ0n) is 7.43. The van der Waals surface area contributed by atoms with Gasteiger partial charge < -0.3 is 5.73 Å². The van der Waals surface area contributed by atoms with Gasteiger partial charge in [0.2, 0.25) is 0 Å². The molecule has 0 aliphatic heterocycles. The molecule has 0 spiro atoms. The molecule has 12 heavy (non-hydrogen) atoms. The Hall–Kier alpha value is -0.0500. The maximum atomic E-state index is 5.85. The van der Waals surface area contributed by atoms with Gasteiger partial charge in [-0.05, 0) is 19.0 Å². The largest absolute Gasteiger partial charge is 0.330 e. The molecule has 1 heterocycles. The van der Waals surface area contributed by atoms with Gasteiger partial charge in [0.25, 0.3) is 0 Å². The van der Waals surface area contributed by atoms with E-state index in [4.69, 9.17) is 17.3 Å². The van der Waals surface area contributed by atoms with Gasteiger partial charge in [-0.3, -0.25) is 0 Å². The van der Waals surface area contributed by atoms with Crippen molar-refractivity contribution in [3.63, 3.8) is 0 Å². The van der Waals surface area contributed by atoms with Crippen molar-refractivity contribution in [1.29, 1.82) is 0 Å². The number of halogens is 1. The first-order valence-corrected chi connectivity index (χ1v) is 5.26. The Bertz CT molecular complexity index is 255. The van der Waals surface area contributed by atoms with Crippen LogP contribution in [-0.4, -0.2) is 6.54 Å². The Labute approximate surface area is 82.5 Å². The van der Waals surface area contributed by atoms with Crippen LogP contribution in [0.15, 0.2) is 11.4 Å². The van der Waals surface area contributed by atoms with Gasteiger partial charge >= 0.3 is 0 Å². The first-order chi connectivity index (χ1) is 5.56. The molecule has 1 rings (SSSR count). The van der Waals surface area contributed by atoms with Crippen LogP contribution >= 0.6 is 22.9 Å². The zero-order chi connectivity index (χ0) is 9.19. The molecule has 0 atom stereocenters. The molecule has 0 bridgehead atoms. The Morgan fingerprint density at radius 2 is 2.25 bits per heavy atom. The maximum absolute atomic E-state index is 5.85. The summed E-state index contributed by atoms with van der Waals surface area (Å²) >= 11 is 7.55. The minimum Gasteiger partial charge on any atom is -0.330 e. The van der Waals surface area contributed by atoms with Gasteiger partial charge in [0.15, 0.2) is 0 Å². The third-order valence-electron chi connectivity index (χ3n) is 2.00. The lowest BCUT2D eigenvalue weighted by Gasteiger charge is -2.21. The van der Waals surface area contributed by atoms with Gasteiger partial charge in [-0.1, -0.05) is 25.4 Å². The van der Waals surface area contributed by atoms with E-state index in [1.165, 1.54) is 4.88 Å². The average molecular weight is 204 g/mol. The van der Waals surface area contributed by atoms with E-state index in [2.05, 4.69) is 13.8 Å². The summed E-state index contributed by atoms with van der Waals surface area (Å²) in [5.74, 6) is 0. The molecule has 68 valence electrons. The molecule has 0 amide bonds. The highest BCUT2D eigenvalue weighted by Gasteiger charge is 2.21. The van der Waals surface area contributed by atoms with Crippen LogP contribution in [0.5, 0.6) is 0 Å². The molecule has 0 unspecified atom stereocenters. The van der Waals surface area contributed by atoms with Crippen LogP contribution in [0.4, 0.5) is 0 Å². The first-order valence-electron chi connectivity index (χ1n) is 4.01. The van der Waals surface area contributed by atoms with E-state index in [1.54, 1.807) is 11.3 Å². The van der Waals surface area contributed by atoms with Crippen LogP contribution in [0, 0.1) is 0 Å². The maximum Gasteiger partial charge on any atom is 0.0515 e. The molecule has 0 aliphatic rings. The smallest absolute Gasteiger partial charge is 0.0515 e. The summed E-state index contributed by atoms with van der Waals surface area (Å²) in [5.41, 5.74) is 5.70. The fourth-order valence-corrected chi connectivity index (χ4v) is 2.38. The fourth-order valence-electron chi connectivity index (χ4n) is 1.15. The molecule has 2 N–H and O–H groups in total. The Morgan fingerprint density at radius 3 is 2.67 bits per heavy atom. The average Bonchev–Trinajstić information content (AvgIpc) is 2.36. The number of thiophene rings is 1. The van der Waals surface area contributed by atoms with E-state index >= 15 is 0 Å². The number of rotatable bonds is 3. The third-order valence-corrected chi connectivity index (χ3v) is 3.65. The van der Waals surface area contributed by atoms with Crippen molar-refractivity contribution in [3.8, 4) is 0 Å². The SMILES string of the molecule is CC(C)(CCN)c1cc(Cl)cs1. The van der Waals surface area contributed by atoms with Gasteiger partial charge in [-0.15, -0.1) is 11.3 Å². The third kappa shape index (κ3) is 2.22. The van der Waals surface area contributed by atoms with Crippen molar-refractivity contribution < 1.29 is 0 Å². The van der Waals surface area contributed by atoms with Gasteiger partial charge in [0.1, 0.15) is 0 Å². The van der Waals surface area contributed by atoms with Gasteiger partial charge in [0.05, 0.1) is 5.02 Å². The van der Waals surface area contributed by atoms with Gasteiger partial charge in [0, 0.05) is 15.7 Å². The highest BCUT2D eigenvalue weighted by atomic mass is 35.5. The summed E-state index contributed by atoms with van der Waals surface area (Å²) in [6.45, 7) is 5.12. The Balaban J connectivity index is 2.81. The van der Waals surface area contributed by atoms with E-state index in [0.717, 1.165) is 18.0 Å². The molecule has 0 fully saturated rings. The second-order valence-corrected chi connectivity index (χ2v) is 4.90. The lowest BCUT2D eigenvalue weighted by Crippen LogP contribution is -2.20. The van der Waals surface area contributed by atoms with E-state index in [0.29, 0.717) is 0 Å². The van der Waals surface area contributed by atoms with Crippen LogP contribution in [0.25, 0.3) is 0 Å². The van der Waals surface area contributed by atoms with Crippen LogP contribution in [0.2, 0.25) is 5.02 Å². The molecule has 1 aromatic heterocycles. The van der Waals surface area contributed by atoms with Gasteiger partial charge in [-0.25, -0.2) is 0 Å². The molecule has 1 nitrogen and oxygen atoms in total. The summed E-state index contributed by atoms with van der Waals surface area (Å²) in [7, 11) is 0. The van der Waals surface area contributed by atoms with E-state index in [9.17, 15) is 0 Å². The Morgan fingerprint density at radius 1 is 1.58 bits per heavy atom. The van der Waals surface area contributed by atoms with Crippen molar-refractivity contribution in [2.45, 2.75) is 25.7 Å². The van der Waals surface area contributed by atoms with E-state index in [1.807, 2.05) is 11.4 Å². The van der Waals surface area contributed by atoms with Crippen molar-refractivity contribution in [2.75, 3.05) is 6.54 Å². The second kappa shape index (κ2) is 3.77. The summed E-state index contributed by atoms with van der Waals surface area (Å²) in [6.07, 6.45) is 1.00. The molecule has 0 aliphatic carbocycles. The lowest BCUT2D eigenvalue weighted by atomic mass is 9.88. The van der Waals surface area contributed by atoms with E-state index in [-0.39, 0.29) is 5.41 Å². The minimum atomic E-state index is 0.173. The summed E-state index contributed by atoms with van der Waals surface area (Å²) in [6, 6.07) is 2.03. The Kier molecular flexibility index (Phi) is 3.16. The minimum absolute atomic E-state index is 0.173. The van der Waals surface area contributed by atoms with Gasteiger partial charge in [-0.2, -0.15) is 0 Å². The first kappa shape index (κ1) is 10.0. The molecular weight excluding hydrogens is 190 g/mol. The van der Waals surface area contributed by atoms with Crippen LogP contribution in [-0.2, 0) is 5.41 Å². The molecule has 0 aromatic carbocycles. The predicted octanol–water partition coefficient (Wildman–Crippen LogP) is 3.03. The summed E-state index contributed by atoms with van der Waals surface area (Å²) in [5, 5.41) is 2.80. The fraction of sp³-hybridized carbons (Fsp3) is 0.556. The quantitative estimate of drug-likeness (QED) is 0.803. The van der Waals surface area contributed by atoms with Crippen molar-refractivity contribution >= 4 is 22.9 Å². The summed E-state index contributed by atoms with van der Waals surface area (Å²) < 4.78 is 0. The number of hydrogen-bond donors (Lipinski definition) is 1. The highest BCUT2D eigenvalue weighted by Crippen LogP contribution is 2.33. The molecule has 1 aromatic rings. The molecule has 0 radical (unpaired) electrons. The normalized spacial score (nSPS) is 12.0. The topological polar surface area (TPSA) is 26.0 Å².